The first kappa shape index (κ1) is 13.7. The van der Waals surface area contributed by atoms with Gasteiger partial charge in [-0.25, -0.2) is 0 Å². The average Bonchev–Trinajstić information content (AvgIpc) is 2.33. The highest BCUT2D eigenvalue weighted by Gasteiger charge is 2.01. The monoisotopic (exact) mass is 236 g/mol. The first-order valence-electron chi connectivity index (χ1n) is 6.13. The van der Waals surface area contributed by atoms with Gasteiger partial charge in [0.1, 0.15) is 0 Å². The van der Waals surface area contributed by atoms with Gasteiger partial charge in [-0.3, -0.25) is 4.79 Å². The van der Waals surface area contributed by atoms with E-state index >= 15 is 0 Å². The van der Waals surface area contributed by atoms with Crippen LogP contribution in [0, 0.1) is 0 Å². The van der Waals surface area contributed by atoms with Crippen LogP contribution in [0.3, 0.4) is 0 Å². The Labute approximate surface area is 102 Å². The van der Waals surface area contributed by atoms with E-state index in [0.717, 1.165) is 37.7 Å². The summed E-state index contributed by atoms with van der Waals surface area (Å²) in [6.45, 7) is 0.0924. The maximum atomic E-state index is 10.3. The highest BCUT2D eigenvalue weighted by Crippen LogP contribution is 2.13. The van der Waals surface area contributed by atoms with E-state index in [1.54, 1.807) is 0 Å². The molecule has 0 radical (unpaired) electrons. The SMILES string of the molecule is O=C(O)CCCCCCc1ccccc1CO. The number of hydrogen-bond donors (Lipinski definition) is 2. The Morgan fingerprint density at radius 1 is 1.00 bits per heavy atom. The van der Waals surface area contributed by atoms with Crippen LogP contribution in [-0.4, -0.2) is 16.2 Å². The number of aryl methyl sites for hydroxylation is 1. The van der Waals surface area contributed by atoms with Crippen LogP contribution in [0.25, 0.3) is 0 Å². The van der Waals surface area contributed by atoms with Crippen molar-refractivity contribution >= 4 is 5.97 Å². The zero-order chi connectivity index (χ0) is 12.5. The second kappa shape index (κ2) is 7.85. The highest BCUT2D eigenvalue weighted by molar-refractivity contribution is 5.66. The van der Waals surface area contributed by atoms with Crippen LogP contribution in [0.15, 0.2) is 24.3 Å². The Balaban J connectivity index is 2.19. The Morgan fingerprint density at radius 2 is 1.65 bits per heavy atom. The van der Waals surface area contributed by atoms with E-state index in [0.29, 0.717) is 0 Å². The van der Waals surface area contributed by atoms with Crippen molar-refractivity contribution in [1.82, 2.24) is 0 Å². The van der Waals surface area contributed by atoms with Crippen molar-refractivity contribution in [1.29, 1.82) is 0 Å². The maximum absolute atomic E-state index is 10.3. The molecule has 0 aliphatic heterocycles. The van der Waals surface area contributed by atoms with Crippen LogP contribution < -0.4 is 0 Å². The molecule has 2 N–H and O–H groups in total. The molecule has 0 aliphatic carbocycles. The number of aliphatic hydroxyl groups excluding tert-OH is 1. The lowest BCUT2D eigenvalue weighted by Gasteiger charge is -2.06. The van der Waals surface area contributed by atoms with E-state index < -0.39 is 5.97 Å². The number of unbranched alkanes of at least 4 members (excludes halogenated alkanes) is 3. The van der Waals surface area contributed by atoms with E-state index in [2.05, 4.69) is 0 Å². The minimum atomic E-state index is -0.712. The lowest BCUT2D eigenvalue weighted by molar-refractivity contribution is -0.137. The van der Waals surface area contributed by atoms with Crippen LogP contribution in [-0.2, 0) is 17.8 Å². The van der Waals surface area contributed by atoms with Gasteiger partial charge in [0.15, 0.2) is 0 Å². The number of carbonyl (C=O) groups is 1. The van der Waals surface area contributed by atoms with Gasteiger partial charge in [0.25, 0.3) is 0 Å². The van der Waals surface area contributed by atoms with Gasteiger partial charge in [-0.05, 0) is 30.4 Å². The number of carboxylic acids is 1. The summed E-state index contributed by atoms with van der Waals surface area (Å²) in [4.78, 5) is 10.3. The predicted molar refractivity (Wildman–Crippen MR) is 66.8 cm³/mol. The van der Waals surface area contributed by atoms with Gasteiger partial charge >= 0.3 is 5.97 Å². The normalized spacial score (nSPS) is 10.4. The summed E-state index contributed by atoms with van der Waals surface area (Å²) in [5, 5.41) is 17.6. The maximum Gasteiger partial charge on any atom is 0.303 e. The second-order valence-corrected chi connectivity index (χ2v) is 4.23. The van der Waals surface area contributed by atoms with Gasteiger partial charge in [0.2, 0.25) is 0 Å². The molecule has 1 aromatic rings. The van der Waals surface area contributed by atoms with Crippen LogP contribution in [0.1, 0.15) is 43.2 Å². The van der Waals surface area contributed by atoms with Crippen LogP contribution in [0.2, 0.25) is 0 Å². The Bertz CT molecular complexity index is 347. The molecule has 0 atom stereocenters. The lowest BCUT2D eigenvalue weighted by Crippen LogP contribution is -1.95. The third-order valence-corrected chi connectivity index (χ3v) is 2.88. The molecule has 0 amide bonds. The summed E-state index contributed by atoms with van der Waals surface area (Å²) < 4.78 is 0. The Hall–Kier alpha value is -1.35. The first-order chi connectivity index (χ1) is 8.24. The molecule has 0 aromatic heterocycles. The Kier molecular flexibility index (Phi) is 6.33. The molecule has 3 nitrogen and oxygen atoms in total. The molecule has 1 rings (SSSR count). The van der Waals surface area contributed by atoms with E-state index in [-0.39, 0.29) is 13.0 Å². The average molecular weight is 236 g/mol. The topological polar surface area (TPSA) is 57.5 Å². The molecule has 0 heterocycles. The van der Waals surface area contributed by atoms with E-state index in [4.69, 9.17) is 10.2 Å². The minimum absolute atomic E-state index is 0.0924. The minimum Gasteiger partial charge on any atom is -0.481 e. The zero-order valence-electron chi connectivity index (χ0n) is 10.1. The third-order valence-electron chi connectivity index (χ3n) is 2.88. The summed E-state index contributed by atoms with van der Waals surface area (Å²) in [5.41, 5.74) is 2.20. The fourth-order valence-electron chi connectivity index (χ4n) is 1.90. The predicted octanol–water partition coefficient (Wildman–Crippen LogP) is 2.76. The molecule has 1 aromatic carbocycles. The van der Waals surface area contributed by atoms with Crippen molar-refractivity contribution in [3.63, 3.8) is 0 Å². The molecular formula is C14H20O3. The molecule has 0 bridgehead atoms. The number of aliphatic hydroxyl groups is 1. The summed E-state index contributed by atoms with van der Waals surface area (Å²) in [6, 6.07) is 7.91. The molecule has 17 heavy (non-hydrogen) atoms. The number of carboxylic acid groups (broad SMARTS) is 1. The number of rotatable bonds is 8. The van der Waals surface area contributed by atoms with Gasteiger partial charge < -0.3 is 10.2 Å². The van der Waals surface area contributed by atoms with Gasteiger partial charge in [-0.15, -0.1) is 0 Å². The first-order valence-corrected chi connectivity index (χ1v) is 6.13. The van der Waals surface area contributed by atoms with Gasteiger partial charge in [-0.1, -0.05) is 37.1 Å². The van der Waals surface area contributed by atoms with Gasteiger partial charge in [0.05, 0.1) is 6.61 Å². The van der Waals surface area contributed by atoms with Crippen molar-refractivity contribution in [3.05, 3.63) is 35.4 Å². The third kappa shape index (κ3) is 5.50. The van der Waals surface area contributed by atoms with Crippen molar-refractivity contribution < 1.29 is 15.0 Å². The smallest absolute Gasteiger partial charge is 0.303 e. The summed E-state index contributed by atoms with van der Waals surface area (Å²) in [5.74, 6) is -0.712. The highest BCUT2D eigenvalue weighted by atomic mass is 16.4. The van der Waals surface area contributed by atoms with Gasteiger partial charge in [0, 0.05) is 6.42 Å². The molecule has 94 valence electrons. The molecule has 0 aliphatic rings. The second-order valence-electron chi connectivity index (χ2n) is 4.23. The summed E-state index contributed by atoms with van der Waals surface area (Å²) in [6.07, 6.45) is 5.06. The fourth-order valence-corrected chi connectivity index (χ4v) is 1.90. The molecule has 3 heteroatoms. The van der Waals surface area contributed by atoms with Crippen LogP contribution in [0.5, 0.6) is 0 Å². The van der Waals surface area contributed by atoms with Crippen molar-refractivity contribution in [2.75, 3.05) is 0 Å². The van der Waals surface area contributed by atoms with Crippen molar-refractivity contribution in [3.8, 4) is 0 Å². The fraction of sp³-hybridized carbons (Fsp3) is 0.500. The van der Waals surface area contributed by atoms with Crippen LogP contribution in [0.4, 0.5) is 0 Å². The number of benzene rings is 1. The quantitative estimate of drug-likeness (QED) is 0.682. The van der Waals surface area contributed by atoms with E-state index in [1.807, 2.05) is 24.3 Å². The van der Waals surface area contributed by atoms with Crippen molar-refractivity contribution in [2.45, 2.75) is 45.1 Å². The molecule has 0 saturated heterocycles. The van der Waals surface area contributed by atoms with E-state index in [1.165, 1.54) is 5.56 Å². The Morgan fingerprint density at radius 3 is 2.29 bits per heavy atom. The molecule has 0 unspecified atom stereocenters. The zero-order valence-corrected chi connectivity index (χ0v) is 10.1. The van der Waals surface area contributed by atoms with Gasteiger partial charge in [-0.2, -0.15) is 0 Å². The number of hydrogen-bond acceptors (Lipinski definition) is 2. The standard InChI is InChI=1S/C14H20O3/c15-11-13-9-6-5-8-12(13)7-3-1-2-4-10-14(16)17/h5-6,8-9,15H,1-4,7,10-11H2,(H,16,17). The molecule has 0 spiro atoms. The summed E-state index contributed by atoms with van der Waals surface area (Å²) >= 11 is 0. The number of aliphatic carboxylic acids is 1. The van der Waals surface area contributed by atoms with E-state index in [9.17, 15) is 4.79 Å². The summed E-state index contributed by atoms with van der Waals surface area (Å²) in [7, 11) is 0. The largest absolute Gasteiger partial charge is 0.481 e. The molecule has 0 fully saturated rings. The lowest BCUT2D eigenvalue weighted by atomic mass is 10.0. The van der Waals surface area contributed by atoms with Crippen molar-refractivity contribution in [2.24, 2.45) is 0 Å². The molecular weight excluding hydrogens is 216 g/mol. The van der Waals surface area contributed by atoms with Crippen LogP contribution >= 0.6 is 0 Å². The molecule has 0 saturated carbocycles.